The third-order valence-corrected chi connectivity index (χ3v) is 4.55. The first-order chi connectivity index (χ1) is 14.6. The van der Waals surface area contributed by atoms with Gasteiger partial charge in [-0.25, -0.2) is 0 Å². The predicted octanol–water partition coefficient (Wildman–Crippen LogP) is 5.47. The molecule has 0 fully saturated rings. The lowest BCUT2D eigenvalue weighted by Gasteiger charge is -2.12. The van der Waals surface area contributed by atoms with Gasteiger partial charge in [-0.1, -0.05) is 60.1 Å². The van der Waals surface area contributed by atoms with E-state index in [1.165, 1.54) is 13.2 Å². The Hall–Kier alpha value is -3.75. The molecule has 0 aliphatic rings. The molecule has 0 unspecified atom stereocenters. The molecule has 3 aromatic rings. The highest BCUT2D eigenvalue weighted by atomic mass is 35.5. The zero-order valence-corrected chi connectivity index (χ0v) is 17.0. The Morgan fingerprint density at radius 1 is 1.07 bits per heavy atom. The van der Waals surface area contributed by atoms with Crippen LogP contribution in [0.25, 0.3) is 6.08 Å². The van der Waals surface area contributed by atoms with Gasteiger partial charge in [-0.2, -0.15) is 5.26 Å². The number of nitrogens with one attached hydrogen (secondary N) is 1. The van der Waals surface area contributed by atoms with Gasteiger partial charge in [0, 0.05) is 0 Å². The van der Waals surface area contributed by atoms with Crippen LogP contribution >= 0.6 is 11.6 Å². The molecule has 0 heterocycles. The van der Waals surface area contributed by atoms with Crippen LogP contribution in [-0.2, 0) is 11.4 Å². The van der Waals surface area contributed by atoms with E-state index in [0.29, 0.717) is 34.4 Å². The van der Waals surface area contributed by atoms with Gasteiger partial charge < -0.3 is 14.8 Å². The number of methoxy groups -OCH3 is 1. The van der Waals surface area contributed by atoms with Crippen molar-refractivity contribution in [3.05, 3.63) is 94.5 Å². The lowest BCUT2D eigenvalue weighted by Crippen LogP contribution is -2.13. The highest BCUT2D eigenvalue weighted by Gasteiger charge is 2.12. The zero-order chi connectivity index (χ0) is 21.3. The van der Waals surface area contributed by atoms with E-state index >= 15 is 0 Å². The van der Waals surface area contributed by atoms with Gasteiger partial charge in [-0.05, 0) is 41.5 Å². The minimum atomic E-state index is -0.547. The first-order valence-electron chi connectivity index (χ1n) is 9.13. The number of carbonyl (C=O) groups is 1. The number of halogens is 1. The van der Waals surface area contributed by atoms with E-state index in [9.17, 15) is 10.1 Å². The van der Waals surface area contributed by atoms with E-state index in [-0.39, 0.29) is 5.57 Å². The molecule has 0 aliphatic heterocycles. The summed E-state index contributed by atoms with van der Waals surface area (Å²) in [6.07, 6.45) is 1.48. The van der Waals surface area contributed by atoms with E-state index < -0.39 is 5.91 Å². The Kier molecular flexibility index (Phi) is 7.09. The summed E-state index contributed by atoms with van der Waals surface area (Å²) < 4.78 is 11.2. The topological polar surface area (TPSA) is 71.3 Å². The molecule has 0 aliphatic carbocycles. The summed E-state index contributed by atoms with van der Waals surface area (Å²) in [5, 5.41) is 12.5. The van der Waals surface area contributed by atoms with Crippen LogP contribution < -0.4 is 14.8 Å². The van der Waals surface area contributed by atoms with Crippen LogP contribution in [0.1, 0.15) is 11.1 Å². The maximum absolute atomic E-state index is 12.5. The minimum absolute atomic E-state index is 0.0603. The SMILES string of the molecule is COc1cc(C=C(C#N)C(=O)Nc2ccccc2Cl)ccc1OCc1ccccc1. The molecule has 0 radical (unpaired) electrons. The average Bonchev–Trinajstić information content (AvgIpc) is 2.78. The molecule has 1 N–H and O–H groups in total. The predicted molar refractivity (Wildman–Crippen MR) is 117 cm³/mol. The van der Waals surface area contributed by atoms with Crippen molar-refractivity contribution in [1.82, 2.24) is 0 Å². The normalized spacial score (nSPS) is 10.8. The summed E-state index contributed by atoms with van der Waals surface area (Å²) in [6, 6.07) is 23.7. The third kappa shape index (κ3) is 5.40. The zero-order valence-electron chi connectivity index (χ0n) is 16.3. The first-order valence-corrected chi connectivity index (χ1v) is 9.51. The monoisotopic (exact) mass is 418 g/mol. The molecule has 0 atom stereocenters. The summed E-state index contributed by atoms with van der Waals surface area (Å²) in [5.41, 5.74) is 2.04. The van der Waals surface area contributed by atoms with E-state index in [2.05, 4.69) is 5.32 Å². The number of hydrogen-bond donors (Lipinski definition) is 1. The Morgan fingerprint density at radius 2 is 1.80 bits per heavy atom. The van der Waals surface area contributed by atoms with Gasteiger partial charge in [0.15, 0.2) is 11.5 Å². The maximum atomic E-state index is 12.5. The van der Waals surface area contributed by atoms with Gasteiger partial charge in [0.2, 0.25) is 0 Å². The highest BCUT2D eigenvalue weighted by Crippen LogP contribution is 2.30. The van der Waals surface area contributed by atoms with Crippen LogP contribution in [0.3, 0.4) is 0 Å². The number of hydrogen-bond acceptors (Lipinski definition) is 4. The molecule has 1 amide bonds. The van der Waals surface area contributed by atoms with Crippen LogP contribution in [0, 0.1) is 11.3 Å². The number of rotatable bonds is 7. The molecule has 0 aromatic heterocycles. The van der Waals surface area contributed by atoms with Crippen LogP contribution in [0.2, 0.25) is 5.02 Å². The van der Waals surface area contributed by atoms with Crippen molar-refractivity contribution in [3.8, 4) is 17.6 Å². The molecule has 0 saturated carbocycles. The van der Waals surface area contributed by atoms with Crippen molar-refractivity contribution in [3.63, 3.8) is 0 Å². The van der Waals surface area contributed by atoms with Crippen LogP contribution in [0.15, 0.2) is 78.4 Å². The molecule has 5 nitrogen and oxygen atoms in total. The molecule has 30 heavy (non-hydrogen) atoms. The largest absolute Gasteiger partial charge is 0.493 e. The second kappa shape index (κ2) is 10.1. The second-order valence-corrected chi connectivity index (χ2v) is 6.70. The van der Waals surface area contributed by atoms with Crippen molar-refractivity contribution in [2.75, 3.05) is 12.4 Å². The molecule has 6 heteroatoms. The number of carbonyl (C=O) groups excluding carboxylic acids is 1. The molecule has 150 valence electrons. The minimum Gasteiger partial charge on any atom is -0.493 e. The first kappa shape index (κ1) is 21.0. The summed E-state index contributed by atoms with van der Waals surface area (Å²) in [5.74, 6) is 0.523. The van der Waals surface area contributed by atoms with E-state index in [0.717, 1.165) is 5.56 Å². The molecule has 0 saturated heterocycles. The van der Waals surface area contributed by atoms with Crippen molar-refractivity contribution >= 4 is 29.3 Å². The molecular weight excluding hydrogens is 400 g/mol. The molecule has 3 aromatic carbocycles. The number of anilines is 1. The van der Waals surface area contributed by atoms with Gasteiger partial charge in [0.05, 0.1) is 17.8 Å². The summed E-state index contributed by atoms with van der Waals surface area (Å²) in [6.45, 7) is 0.399. The van der Waals surface area contributed by atoms with Gasteiger partial charge in [-0.3, -0.25) is 4.79 Å². The average molecular weight is 419 g/mol. The van der Waals surface area contributed by atoms with Crippen LogP contribution in [-0.4, -0.2) is 13.0 Å². The van der Waals surface area contributed by atoms with Crippen molar-refractivity contribution in [1.29, 1.82) is 5.26 Å². The van der Waals surface area contributed by atoms with Crippen LogP contribution in [0.4, 0.5) is 5.69 Å². The number of nitrogens with zero attached hydrogens (tertiary/aromatic N) is 1. The fraction of sp³-hybridized carbons (Fsp3) is 0.0833. The van der Waals surface area contributed by atoms with Crippen molar-refractivity contribution in [2.24, 2.45) is 0 Å². The van der Waals surface area contributed by atoms with E-state index in [1.54, 1.807) is 42.5 Å². The number of amides is 1. The van der Waals surface area contributed by atoms with Crippen molar-refractivity contribution in [2.45, 2.75) is 6.61 Å². The standard InChI is InChI=1S/C24H19ClN2O3/c1-29-23-14-18(11-12-22(23)30-16-17-7-3-2-4-8-17)13-19(15-26)24(28)27-21-10-6-5-9-20(21)25/h2-14H,16H2,1H3,(H,27,28). The van der Waals surface area contributed by atoms with Gasteiger partial charge in [0.25, 0.3) is 5.91 Å². The summed E-state index contributed by atoms with van der Waals surface area (Å²) >= 11 is 6.06. The van der Waals surface area contributed by atoms with Gasteiger partial charge in [-0.15, -0.1) is 0 Å². The quantitative estimate of drug-likeness (QED) is 0.407. The Balaban J connectivity index is 1.76. The van der Waals surface area contributed by atoms with Crippen LogP contribution in [0.5, 0.6) is 11.5 Å². The molecular formula is C24H19ClN2O3. The lowest BCUT2D eigenvalue weighted by atomic mass is 10.1. The van der Waals surface area contributed by atoms with E-state index in [4.69, 9.17) is 21.1 Å². The number of nitriles is 1. The fourth-order valence-corrected chi connectivity index (χ4v) is 2.88. The number of para-hydroxylation sites is 1. The fourth-order valence-electron chi connectivity index (χ4n) is 2.70. The van der Waals surface area contributed by atoms with E-state index in [1.807, 2.05) is 36.4 Å². The lowest BCUT2D eigenvalue weighted by molar-refractivity contribution is -0.112. The summed E-state index contributed by atoms with van der Waals surface area (Å²) in [4.78, 5) is 12.5. The Labute approximate surface area is 180 Å². The Bertz CT molecular complexity index is 1100. The van der Waals surface area contributed by atoms with Gasteiger partial charge >= 0.3 is 0 Å². The smallest absolute Gasteiger partial charge is 0.266 e. The summed E-state index contributed by atoms with van der Waals surface area (Å²) in [7, 11) is 1.54. The third-order valence-electron chi connectivity index (χ3n) is 4.22. The maximum Gasteiger partial charge on any atom is 0.266 e. The molecule has 3 rings (SSSR count). The highest BCUT2D eigenvalue weighted by molar-refractivity contribution is 6.34. The Morgan fingerprint density at radius 3 is 2.50 bits per heavy atom. The van der Waals surface area contributed by atoms with Gasteiger partial charge in [0.1, 0.15) is 18.2 Å². The second-order valence-electron chi connectivity index (χ2n) is 6.29. The number of benzene rings is 3. The molecule has 0 bridgehead atoms. The van der Waals surface area contributed by atoms with Crippen molar-refractivity contribution < 1.29 is 14.3 Å². The number of ether oxygens (including phenoxy) is 2. The molecule has 0 spiro atoms.